The number of anilines is 1. The summed E-state index contributed by atoms with van der Waals surface area (Å²) in [6.45, 7) is 4.20. The van der Waals surface area contributed by atoms with Crippen molar-refractivity contribution in [2.75, 3.05) is 32.2 Å². The molecule has 4 aromatic rings. The van der Waals surface area contributed by atoms with Gasteiger partial charge in [-0.2, -0.15) is 0 Å². The molecule has 3 saturated carbocycles. The van der Waals surface area contributed by atoms with Crippen LogP contribution in [0.3, 0.4) is 0 Å². The van der Waals surface area contributed by atoms with E-state index in [-0.39, 0.29) is 70.4 Å². The summed E-state index contributed by atoms with van der Waals surface area (Å²) in [5.74, 6) is -0.418. The lowest BCUT2D eigenvalue weighted by Gasteiger charge is -2.59. The predicted molar refractivity (Wildman–Crippen MR) is 184 cm³/mol. The Morgan fingerprint density at radius 3 is 2.59 bits per heavy atom. The molecule has 51 heavy (non-hydrogen) atoms. The van der Waals surface area contributed by atoms with E-state index >= 15 is 0 Å². The van der Waals surface area contributed by atoms with E-state index in [4.69, 9.17) is 14.6 Å². The van der Waals surface area contributed by atoms with Gasteiger partial charge in [0.05, 0.1) is 36.7 Å². The van der Waals surface area contributed by atoms with E-state index in [0.717, 1.165) is 32.1 Å². The molecular weight excluding hydrogens is 656 g/mol. The highest BCUT2D eigenvalue weighted by atomic mass is 16.5. The van der Waals surface area contributed by atoms with E-state index in [2.05, 4.69) is 30.3 Å². The molecular formula is C35H42N10O6. The smallest absolute Gasteiger partial charge is 0.276 e. The number of nitrogens with one attached hydrogen (secondary N) is 1. The lowest BCUT2D eigenvalue weighted by molar-refractivity contribution is -0.164. The normalized spacial score (nSPS) is 23.3. The summed E-state index contributed by atoms with van der Waals surface area (Å²) >= 11 is 0. The molecule has 268 valence electrons. The molecule has 8 rings (SSSR count). The lowest BCUT2D eigenvalue weighted by Crippen LogP contribution is -2.67. The lowest BCUT2D eigenvalue weighted by atomic mass is 9.52. The van der Waals surface area contributed by atoms with Gasteiger partial charge in [-0.05, 0) is 51.5 Å². The van der Waals surface area contributed by atoms with Gasteiger partial charge in [0.15, 0.2) is 22.6 Å². The Morgan fingerprint density at radius 1 is 1.10 bits per heavy atom. The first-order valence-electron chi connectivity index (χ1n) is 17.6. The van der Waals surface area contributed by atoms with Crippen LogP contribution in [-0.2, 0) is 22.5 Å². The van der Waals surface area contributed by atoms with Crippen LogP contribution in [0.1, 0.15) is 67.3 Å². The number of hydrogen-bond donors (Lipinski definition) is 2. The molecule has 16 heteroatoms. The molecule has 3 aliphatic carbocycles. The molecule has 2 N–H and O–H groups in total. The van der Waals surface area contributed by atoms with Crippen LogP contribution in [0, 0.1) is 12.3 Å². The van der Waals surface area contributed by atoms with Crippen molar-refractivity contribution in [1.82, 2.24) is 44.7 Å². The SMILES string of the molecule is CCc1c(N2CCN(C(=O)c3ncnc(C)c3O)[C@H]3CC[C@@H]32)c(=O)c2nn(-c3ccnc(OC)c3)nc2n1CC(=O)NC1CC2(CCC2)C1OC. The van der Waals surface area contributed by atoms with Crippen molar-refractivity contribution in [3.63, 3.8) is 0 Å². The summed E-state index contributed by atoms with van der Waals surface area (Å²) in [5.41, 5.74) is 2.30. The fourth-order valence-electron chi connectivity index (χ4n) is 8.71. The quantitative estimate of drug-likeness (QED) is 0.260. The van der Waals surface area contributed by atoms with Gasteiger partial charge in [0.25, 0.3) is 5.91 Å². The van der Waals surface area contributed by atoms with Crippen molar-refractivity contribution in [1.29, 1.82) is 0 Å². The van der Waals surface area contributed by atoms with Crippen LogP contribution < -0.4 is 20.4 Å². The first kappa shape index (κ1) is 33.0. The monoisotopic (exact) mass is 698 g/mol. The zero-order valence-corrected chi connectivity index (χ0v) is 29.2. The van der Waals surface area contributed by atoms with Crippen LogP contribution >= 0.6 is 0 Å². The second-order valence-electron chi connectivity index (χ2n) is 14.1. The van der Waals surface area contributed by atoms with E-state index in [1.807, 2.05) is 11.5 Å². The van der Waals surface area contributed by atoms with E-state index in [9.17, 15) is 19.5 Å². The van der Waals surface area contributed by atoms with Crippen molar-refractivity contribution < 1.29 is 24.2 Å². The van der Waals surface area contributed by atoms with E-state index in [1.54, 1.807) is 37.3 Å². The summed E-state index contributed by atoms with van der Waals surface area (Å²) < 4.78 is 13.0. The molecule has 4 atom stereocenters. The number of amides is 2. The number of carbonyl (C=O) groups is 2. The zero-order chi connectivity index (χ0) is 35.6. The van der Waals surface area contributed by atoms with Crippen molar-refractivity contribution in [2.24, 2.45) is 5.41 Å². The molecule has 0 aromatic carbocycles. The molecule has 4 aromatic heterocycles. The molecule has 2 unspecified atom stereocenters. The first-order valence-corrected chi connectivity index (χ1v) is 17.6. The Morgan fingerprint density at radius 2 is 1.90 bits per heavy atom. The third-order valence-electron chi connectivity index (χ3n) is 11.6. The van der Waals surface area contributed by atoms with Gasteiger partial charge in [-0.15, -0.1) is 15.0 Å². The number of rotatable bonds is 9. The molecule has 1 spiro atoms. The van der Waals surface area contributed by atoms with Gasteiger partial charge in [0.2, 0.25) is 17.2 Å². The molecule has 5 heterocycles. The maximum absolute atomic E-state index is 14.6. The number of hydrogen-bond acceptors (Lipinski definition) is 12. The fraction of sp³-hybridized carbons (Fsp3) is 0.543. The highest BCUT2D eigenvalue weighted by molar-refractivity contribution is 5.95. The molecule has 2 amide bonds. The zero-order valence-electron chi connectivity index (χ0n) is 29.2. The third kappa shape index (κ3) is 5.21. The maximum atomic E-state index is 14.6. The van der Waals surface area contributed by atoms with Crippen LogP contribution in [0.5, 0.6) is 11.6 Å². The number of aromatic hydroxyl groups is 1. The Bertz CT molecular complexity index is 2090. The number of aryl methyl sites for hydroxylation is 1. The third-order valence-corrected chi connectivity index (χ3v) is 11.6. The van der Waals surface area contributed by atoms with Crippen molar-refractivity contribution in [3.05, 3.63) is 52.0 Å². The highest BCUT2D eigenvalue weighted by Gasteiger charge is 2.57. The molecule has 1 saturated heterocycles. The summed E-state index contributed by atoms with van der Waals surface area (Å²) in [6, 6.07) is 2.96. The average molecular weight is 699 g/mol. The van der Waals surface area contributed by atoms with Crippen LogP contribution in [-0.4, -0.2) is 108 Å². The van der Waals surface area contributed by atoms with E-state index < -0.39 is 0 Å². The van der Waals surface area contributed by atoms with Gasteiger partial charge < -0.3 is 34.3 Å². The standard InChI is InChI=1S/C35H42N10O6/c1-5-22-29(42-13-14-43(24-8-7-23(24)42)34(49)28-30(47)19(2)37-18-38-28)31(48)27-33(41-45(40-27)20-9-12-36-26(15-20)50-3)44(22)17-25(46)39-21-16-35(10-6-11-35)32(21)51-4/h9,12,15,18,21,23-24,32,47H,5-8,10-11,13-14,16-17H2,1-4H3,(H,39,46)/t21?,23-,24-,32?/m0/s1. The number of nitrogens with zero attached hydrogens (tertiary/aromatic N) is 9. The van der Waals surface area contributed by atoms with Gasteiger partial charge in [0.1, 0.15) is 18.6 Å². The fourth-order valence-corrected chi connectivity index (χ4v) is 8.71. The van der Waals surface area contributed by atoms with Gasteiger partial charge >= 0.3 is 0 Å². The number of carbonyl (C=O) groups excluding carboxylic acids is 2. The van der Waals surface area contributed by atoms with Gasteiger partial charge in [-0.3, -0.25) is 14.4 Å². The van der Waals surface area contributed by atoms with Crippen LogP contribution in [0.25, 0.3) is 16.9 Å². The summed E-state index contributed by atoms with van der Waals surface area (Å²) in [4.78, 5) is 59.5. The minimum Gasteiger partial charge on any atom is -0.504 e. The largest absolute Gasteiger partial charge is 0.504 e. The highest BCUT2D eigenvalue weighted by Crippen LogP contribution is 2.57. The van der Waals surface area contributed by atoms with Crippen molar-refractivity contribution in [3.8, 4) is 17.3 Å². The molecule has 4 fully saturated rings. The summed E-state index contributed by atoms with van der Waals surface area (Å²) in [7, 11) is 3.23. The Balaban J connectivity index is 1.17. The topological polar surface area (TPSA) is 183 Å². The Hall–Kier alpha value is -5.12. The number of pyridine rings is 2. The molecule has 0 bridgehead atoms. The predicted octanol–water partition coefficient (Wildman–Crippen LogP) is 1.92. The average Bonchev–Trinajstić information content (AvgIpc) is 3.54. The van der Waals surface area contributed by atoms with Gasteiger partial charge in [-0.25, -0.2) is 15.0 Å². The minimum absolute atomic E-state index is 0.0179. The van der Waals surface area contributed by atoms with E-state index in [0.29, 0.717) is 53.8 Å². The van der Waals surface area contributed by atoms with Crippen molar-refractivity contribution >= 4 is 28.7 Å². The van der Waals surface area contributed by atoms with Gasteiger partial charge in [0, 0.05) is 49.6 Å². The number of methoxy groups -OCH3 is 2. The molecule has 0 radical (unpaired) electrons. The first-order chi connectivity index (χ1) is 24.7. The summed E-state index contributed by atoms with van der Waals surface area (Å²) in [5, 5.41) is 23.2. The minimum atomic E-state index is -0.364. The van der Waals surface area contributed by atoms with Crippen LogP contribution in [0.4, 0.5) is 5.69 Å². The Labute approximate surface area is 293 Å². The number of piperazine rings is 1. The van der Waals surface area contributed by atoms with Crippen LogP contribution in [0.2, 0.25) is 0 Å². The molecule has 1 aliphatic heterocycles. The molecule has 16 nitrogen and oxygen atoms in total. The number of fused-ring (bicyclic) bond motifs is 2. The van der Waals surface area contributed by atoms with E-state index in [1.165, 1.54) is 24.7 Å². The number of aromatic nitrogens is 7. The maximum Gasteiger partial charge on any atom is 0.276 e. The van der Waals surface area contributed by atoms with Gasteiger partial charge in [-0.1, -0.05) is 13.3 Å². The summed E-state index contributed by atoms with van der Waals surface area (Å²) in [6.07, 6.45) is 9.08. The Kier molecular flexibility index (Phi) is 8.15. The van der Waals surface area contributed by atoms with Crippen molar-refractivity contribution in [2.45, 2.75) is 89.6 Å². The second kappa shape index (κ2) is 12.6. The molecule has 4 aliphatic rings. The number of ether oxygens (including phenoxy) is 2. The second-order valence-corrected chi connectivity index (χ2v) is 14.1. The van der Waals surface area contributed by atoms with Crippen LogP contribution in [0.15, 0.2) is 29.5 Å².